The minimum Gasteiger partial charge on any atom is -0.348 e. The Hall–Kier alpha value is -2.60. The molecule has 0 atom stereocenters. The Labute approximate surface area is 150 Å². The molecule has 0 aliphatic rings. The van der Waals surface area contributed by atoms with E-state index in [1.807, 2.05) is 13.0 Å². The van der Waals surface area contributed by atoms with Crippen molar-refractivity contribution < 1.29 is 9.59 Å². The molecule has 25 heavy (non-hydrogen) atoms. The van der Waals surface area contributed by atoms with Gasteiger partial charge in [0.2, 0.25) is 5.91 Å². The minimum absolute atomic E-state index is 0.0989. The molecule has 132 valence electrons. The Morgan fingerprint density at radius 2 is 1.84 bits per heavy atom. The molecule has 0 bridgehead atoms. The highest BCUT2D eigenvalue weighted by atomic mass is 35.5. The van der Waals surface area contributed by atoms with Crippen molar-refractivity contribution in [3.63, 3.8) is 0 Å². The molecule has 0 aliphatic heterocycles. The molecule has 0 saturated carbocycles. The normalized spacial score (nSPS) is 10.4. The van der Waals surface area contributed by atoms with E-state index in [-0.39, 0.29) is 23.9 Å². The van der Waals surface area contributed by atoms with E-state index in [0.717, 1.165) is 11.3 Å². The molecule has 6 nitrogen and oxygen atoms in total. The van der Waals surface area contributed by atoms with Gasteiger partial charge in [-0.15, -0.1) is 0 Å². The number of rotatable bonds is 4. The molecular weight excluding hydrogens is 342 g/mol. The van der Waals surface area contributed by atoms with Gasteiger partial charge in [-0.2, -0.15) is 0 Å². The predicted molar refractivity (Wildman–Crippen MR) is 98.2 cm³/mol. The van der Waals surface area contributed by atoms with Crippen LogP contribution in [0.4, 0.5) is 5.69 Å². The number of hydrogen-bond donors (Lipinski definition) is 3. The average molecular weight is 362 g/mol. The monoisotopic (exact) mass is 361 g/mol. The summed E-state index contributed by atoms with van der Waals surface area (Å²) in [7, 11) is 0. The lowest BCUT2D eigenvalue weighted by Crippen LogP contribution is -2.28. The number of aromatic amines is 1. The number of hydrogen-bond acceptors (Lipinski definition) is 3. The fourth-order valence-electron chi connectivity index (χ4n) is 2.60. The van der Waals surface area contributed by atoms with E-state index in [9.17, 15) is 14.4 Å². The molecule has 0 radical (unpaired) electrons. The molecule has 0 unspecified atom stereocenters. The molecule has 3 N–H and O–H groups in total. The smallest absolute Gasteiger partial charge is 0.253 e. The van der Waals surface area contributed by atoms with Crippen LogP contribution in [-0.4, -0.2) is 16.8 Å². The van der Waals surface area contributed by atoms with Gasteiger partial charge in [-0.25, -0.2) is 0 Å². The third kappa shape index (κ3) is 4.48. The summed E-state index contributed by atoms with van der Waals surface area (Å²) in [4.78, 5) is 38.6. The zero-order valence-electron chi connectivity index (χ0n) is 14.5. The van der Waals surface area contributed by atoms with Crippen LogP contribution >= 0.6 is 11.6 Å². The van der Waals surface area contributed by atoms with Crippen LogP contribution in [0.5, 0.6) is 0 Å². The highest BCUT2D eigenvalue weighted by molar-refractivity contribution is 6.31. The Kier molecular flexibility index (Phi) is 5.64. The third-order valence-corrected chi connectivity index (χ3v) is 4.07. The number of carbonyl (C=O) groups excluding carboxylic acids is 2. The fraction of sp³-hybridized carbons (Fsp3) is 0.278. The van der Waals surface area contributed by atoms with Crippen molar-refractivity contribution in [2.24, 2.45) is 0 Å². The Morgan fingerprint density at radius 3 is 2.44 bits per heavy atom. The molecule has 2 rings (SSSR count). The van der Waals surface area contributed by atoms with Crippen LogP contribution in [0.25, 0.3) is 0 Å². The number of pyridine rings is 1. The summed E-state index contributed by atoms with van der Waals surface area (Å²) in [5.74, 6) is -0.621. The number of nitrogens with one attached hydrogen (secondary N) is 3. The van der Waals surface area contributed by atoms with Gasteiger partial charge in [-0.1, -0.05) is 11.6 Å². The minimum atomic E-state index is -0.369. The van der Waals surface area contributed by atoms with Crippen molar-refractivity contribution >= 4 is 29.1 Å². The number of anilines is 1. The number of H-pyrrole nitrogens is 1. The molecule has 1 aromatic heterocycles. The number of carbonyl (C=O) groups is 2. The summed E-state index contributed by atoms with van der Waals surface area (Å²) in [6.07, 6.45) is 0. The summed E-state index contributed by atoms with van der Waals surface area (Å²) in [6.45, 7) is 6.83. The van der Waals surface area contributed by atoms with Crippen LogP contribution in [0.1, 0.15) is 39.7 Å². The number of aromatic nitrogens is 1. The first-order valence-electron chi connectivity index (χ1n) is 7.74. The van der Waals surface area contributed by atoms with Crippen LogP contribution in [-0.2, 0) is 11.3 Å². The maximum atomic E-state index is 12.5. The second kappa shape index (κ2) is 7.53. The van der Waals surface area contributed by atoms with Crippen molar-refractivity contribution in [2.75, 3.05) is 5.32 Å². The average Bonchev–Trinajstić information content (AvgIpc) is 2.48. The lowest BCUT2D eigenvalue weighted by Gasteiger charge is -2.13. The maximum absolute atomic E-state index is 12.5. The highest BCUT2D eigenvalue weighted by Crippen LogP contribution is 2.25. The van der Waals surface area contributed by atoms with E-state index < -0.39 is 0 Å². The van der Waals surface area contributed by atoms with Gasteiger partial charge < -0.3 is 15.6 Å². The standard InChI is InChI=1S/C18H20ClN3O3/c1-9-5-10(2)21-18(25)15(9)8-20-17(24)14-6-13(19)7-16(11(14)3)22-12(4)23/h5-7H,8H2,1-4H3,(H,20,24)(H,21,25)(H,22,23). The number of halogens is 1. The molecule has 2 amide bonds. The molecule has 0 fully saturated rings. The first-order chi connectivity index (χ1) is 11.7. The van der Waals surface area contributed by atoms with Crippen LogP contribution in [0.3, 0.4) is 0 Å². The van der Waals surface area contributed by atoms with E-state index in [0.29, 0.717) is 27.4 Å². The second-order valence-corrected chi connectivity index (χ2v) is 6.37. The van der Waals surface area contributed by atoms with Gasteiger partial charge in [0.1, 0.15) is 0 Å². The molecule has 0 aliphatic carbocycles. The molecule has 2 aromatic rings. The summed E-state index contributed by atoms with van der Waals surface area (Å²) in [6, 6.07) is 4.97. The number of amides is 2. The quantitative estimate of drug-likeness (QED) is 0.782. The van der Waals surface area contributed by atoms with Gasteiger partial charge in [0.25, 0.3) is 11.5 Å². The second-order valence-electron chi connectivity index (χ2n) is 5.93. The van der Waals surface area contributed by atoms with E-state index in [1.54, 1.807) is 19.9 Å². The van der Waals surface area contributed by atoms with Gasteiger partial charge in [0.15, 0.2) is 0 Å². The van der Waals surface area contributed by atoms with Crippen molar-refractivity contribution in [1.82, 2.24) is 10.3 Å². The fourth-order valence-corrected chi connectivity index (χ4v) is 2.82. The topological polar surface area (TPSA) is 91.1 Å². The van der Waals surface area contributed by atoms with E-state index in [2.05, 4.69) is 15.6 Å². The van der Waals surface area contributed by atoms with E-state index in [4.69, 9.17) is 11.6 Å². The largest absolute Gasteiger partial charge is 0.348 e. The van der Waals surface area contributed by atoms with Gasteiger partial charge in [0, 0.05) is 41.0 Å². The number of aryl methyl sites for hydroxylation is 2. The van der Waals surface area contributed by atoms with Crippen molar-refractivity contribution in [3.05, 3.63) is 61.5 Å². The van der Waals surface area contributed by atoms with Crippen molar-refractivity contribution in [1.29, 1.82) is 0 Å². The first kappa shape index (κ1) is 18.7. The summed E-state index contributed by atoms with van der Waals surface area (Å²) in [5, 5.41) is 5.72. The maximum Gasteiger partial charge on any atom is 0.253 e. The summed E-state index contributed by atoms with van der Waals surface area (Å²) >= 11 is 6.05. The zero-order valence-corrected chi connectivity index (χ0v) is 15.3. The lowest BCUT2D eigenvalue weighted by atomic mass is 10.1. The molecule has 1 heterocycles. The van der Waals surface area contributed by atoms with E-state index >= 15 is 0 Å². The lowest BCUT2D eigenvalue weighted by molar-refractivity contribution is -0.114. The Balaban J connectivity index is 2.26. The van der Waals surface area contributed by atoms with Gasteiger partial charge in [-0.3, -0.25) is 14.4 Å². The highest BCUT2D eigenvalue weighted by Gasteiger charge is 2.15. The van der Waals surface area contributed by atoms with Gasteiger partial charge >= 0.3 is 0 Å². The summed E-state index contributed by atoms with van der Waals surface area (Å²) < 4.78 is 0. The predicted octanol–water partition coefficient (Wildman–Crippen LogP) is 2.84. The molecule has 7 heteroatoms. The van der Waals surface area contributed by atoms with Crippen molar-refractivity contribution in [3.8, 4) is 0 Å². The van der Waals surface area contributed by atoms with Gasteiger partial charge in [0.05, 0.1) is 0 Å². The SMILES string of the molecule is CC(=O)Nc1cc(Cl)cc(C(=O)NCc2c(C)cc(C)[nH]c2=O)c1C. The molecular formula is C18H20ClN3O3. The van der Waals surface area contributed by atoms with Crippen LogP contribution in [0.15, 0.2) is 23.0 Å². The number of benzene rings is 1. The van der Waals surface area contributed by atoms with E-state index in [1.165, 1.54) is 13.0 Å². The van der Waals surface area contributed by atoms with Crippen molar-refractivity contribution in [2.45, 2.75) is 34.2 Å². The van der Waals surface area contributed by atoms with Crippen LogP contribution < -0.4 is 16.2 Å². The summed E-state index contributed by atoms with van der Waals surface area (Å²) in [5.41, 5.74) is 3.28. The Bertz CT molecular complexity index is 903. The molecule has 1 aromatic carbocycles. The third-order valence-electron chi connectivity index (χ3n) is 3.85. The van der Waals surface area contributed by atoms with Crippen LogP contribution in [0.2, 0.25) is 5.02 Å². The van der Waals surface area contributed by atoms with Crippen LogP contribution in [0, 0.1) is 20.8 Å². The molecule has 0 saturated heterocycles. The van der Waals surface area contributed by atoms with Gasteiger partial charge in [-0.05, 0) is 50.1 Å². The zero-order chi connectivity index (χ0) is 18.7. The molecule has 0 spiro atoms. The first-order valence-corrected chi connectivity index (χ1v) is 8.12. The Morgan fingerprint density at radius 1 is 1.16 bits per heavy atom.